The number of carbonyl (C=O) groups is 2. The van der Waals surface area contributed by atoms with Gasteiger partial charge in [0.25, 0.3) is 0 Å². The Morgan fingerprint density at radius 1 is 1.07 bits per heavy atom. The van der Waals surface area contributed by atoms with Crippen LogP contribution in [0.3, 0.4) is 0 Å². The first kappa shape index (κ1) is 19.9. The van der Waals surface area contributed by atoms with E-state index in [4.69, 9.17) is 4.74 Å². The molecule has 0 bridgehead atoms. The van der Waals surface area contributed by atoms with Gasteiger partial charge in [0, 0.05) is 26.7 Å². The zero-order chi connectivity index (χ0) is 20.1. The summed E-state index contributed by atoms with van der Waals surface area (Å²) in [4.78, 5) is 28.8. The third-order valence-corrected chi connectivity index (χ3v) is 4.80. The fourth-order valence-electron chi connectivity index (χ4n) is 3.37. The Bertz CT molecular complexity index is 849. The van der Waals surface area contributed by atoms with Crippen molar-refractivity contribution >= 4 is 23.3 Å². The van der Waals surface area contributed by atoms with Gasteiger partial charge in [0.15, 0.2) is 0 Å². The summed E-state index contributed by atoms with van der Waals surface area (Å²) in [5.41, 5.74) is 4.67. The van der Waals surface area contributed by atoms with Crippen molar-refractivity contribution in [1.29, 1.82) is 0 Å². The molecule has 1 saturated heterocycles. The number of urea groups is 1. The molecule has 2 aromatic carbocycles. The minimum Gasteiger partial charge on any atom is -0.375 e. The highest BCUT2D eigenvalue weighted by atomic mass is 16.5. The summed E-state index contributed by atoms with van der Waals surface area (Å²) >= 11 is 0. The normalized spacial score (nSPS) is 14.3. The molecule has 148 valence electrons. The number of carbonyl (C=O) groups excluding carboxylic acids is 2. The molecule has 0 saturated carbocycles. The van der Waals surface area contributed by atoms with Gasteiger partial charge in [0.05, 0.1) is 11.4 Å². The SMILES string of the molecule is COCC(=O)Nc1cc(C)ccc1N1CCCN(Cc2ccc(C)cc2)C1=O. The number of anilines is 2. The summed E-state index contributed by atoms with van der Waals surface area (Å²) in [5, 5.41) is 2.86. The summed E-state index contributed by atoms with van der Waals surface area (Å²) in [7, 11) is 1.48. The van der Waals surface area contributed by atoms with Crippen molar-refractivity contribution in [3.63, 3.8) is 0 Å². The molecule has 1 aliphatic heterocycles. The van der Waals surface area contributed by atoms with Crippen molar-refractivity contribution in [3.8, 4) is 0 Å². The van der Waals surface area contributed by atoms with Gasteiger partial charge in [0.2, 0.25) is 5.91 Å². The molecule has 1 heterocycles. The molecular formula is C22H27N3O3. The van der Waals surface area contributed by atoms with Crippen molar-refractivity contribution in [2.45, 2.75) is 26.8 Å². The van der Waals surface area contributed by atoms with Gasteiger partial charge in [-0.25, -0.2) is 4.79 Å². The molecule has 0 spiro atoms. The van der Waals surface area contributed by atoms with E-state index < -0.39 is 0 Å². The van der Waals surface area contributed by atoms with Crippen LogP contribution in [0.25, 0.3) is 0 Å². The van der Waals surface area contributed by atoms with Gasteiger partial charge >= 0.3 is 6.03 Å². The highest BCUT2D eigenvalue weighted by Gasteiger charge is 2.28. The minimum absolute atomic E-state index is 0.0269. The van der Waals surface area contributed by atoms with Gasteiger partial charge in [-0.05, 0) is 43.5 Å². The third-order valence-electron chi connectivity index (χ3n) is 4.80. The van der Waals surface area contributed by atoms with Crippen LogP contribution in [-0.4, -0.2) is 43.6 Å². The van der Waals surface area contributed by atoms with Crippen LogP contribution < -0.4 is 10.2 Å². The Morgan fingerprint density at radius 2 is 1.79 bits per heavy atom. The fraction of sp³-hybridized carbons (Fsp3) is 0.364. The maximum absolute atomic E-state index is 13.2. The molecule has 2 aromatic rings. The average Bonchev–Trinajstić information content (AvgIpc) is 2.66. The van der Waals surface area contributed by atoms with Gasteiger partial charge in [-0.2, -0.15) is 0 Å². The monoisotopic (exact) mass is 381 g/mol. The Hall–Kier alpha value is -2.86. The first-order valence-electron chi connectivity index (χ1n) is 9.49. The lowest BCUT2D eigenvalue weighted by Crippen LogP contribution is -2.49. The van der Waals surface area contributed by atoms with E-state index in [1.54, 1.807) is 4.90 Å². The zero-order valence-corrected chi connectivity index (χ0v) is 16.7. The molecule has 0 unspecified atom stereocenters. The van der Waals surface area contributed by atoms with Crippen LogP contribution >= 0.6 is 0 Å². The van der Waals surface area contributed by atoms with Crippen molar-refractivity contribution < 1.29 is 14.3 Å². The minimum atomic E-state index is -0.240. The molecule has 3 amide bonds. The molecule has 3 rings (SSSR count). The summed E-state index contributed by atoms with van der Waals surface area (Å²) in [6.45, 7) is 5.90. The van der Waals surface area contributed by atoms with E-state index in [0.29, 0.717) is 24.5 Å². The first-order chi connectivity index (χ1) is 13.5. The average molecular weight is 381 g/mol. The predicted octanol–water partition coefficient (Wildman–Crippen LogP) is 3.72. The predicted molar refractivity (Wildman–Crippen MR) is 111 cm³/mol. The van der Waals surface area contributed by atoms with E-state index in [2.05, 4.69) is 29.6 Å². The standard InChI is InChI=1S/C22H27N3O3/c1-16-5-8-18(9-6-16)14-24-11-4-12-25(22(24)27)20-10-7-17(2)13-19(20)23-21(26)15-28-3/h5-10,13H,4,11-12,14-15H2,1-3H3,(H,23,26). The number of methoxy groups -OCH3 is 1. The molecule has 28 heavy (non-hydrogen) atoms. The van der Waals surface area contributed by atoms with Gasteiger partial charge in [-0.15, -0.1) is 0 Å². The van der Waals surface area contributed by atoms with Crippen LogP contribution in [0.1, 0.15) is 23.1 Å². The van der Waals surface area contributed by atoms with Crippen molar-refractivity contribution in [2.75, 3.05) is 37.0 Å². The Labute approximate surface area is 166 Å². The summed E-state index contributed by atoms with van der Waals surface area (Å²) in [5.74, 6) is -0.240. The largest absolute Gasteiger partial charge is 0.375 e. The van der Waals surface area contributed by atoms with Gasteiger partial charge < -0.3 is 15.0 Å². The number of nitrogens with one attached hydrogen (secondary N) is 1. The Balaban J connectivity index is 1.81. The fourth-order valence-corrected chi connectivity index (χ4v) is 3.37. The van der Waals surface area contributed by atoms with Gasteiger partial charge in [-0.3, -0.25) is 9.69 Å². The molecule has 0 radical (unpaired) electrons. The molecule has 0 atom stereocenters. The zero-order valence-electron chi connectivity index (χ0n) is 16.7. The van der Waals surface area contributed by atoms with E-state index in [9.17, 15) is 9.59 Å². The Morgan fingerprint density at radius 3 is 2.50 bits per heavy atom. The lowest BCUT2D eigenvalue weighted by atomic mass is 10.1. The van der Waals surface area contributed by atoms with Crippen LogP contribution in [-0.2, 0) is 16.1 Å². The smallest absolute Gasteiger partial charge is 0.324 e. The lowest BCUT2D eigenvalue weighted by Gasteiger charge is -2.36. The molecule has 1 aliphatic rings. The number of hydrogen-bond acceptors (Lipinski definition) is 3. The molecule has 6 heteroatoms. The van der Waals surface area contributed by atoms with Crippen LogP contribution in [0, 0.1) is 13.8 Å². The highest BCUT2D eigenvalue weighted by molar-refractivity contribution is 6.01. The number of nitrogens with zero attached hydrogens (tertiary/aromatic N) is 2. The topological polar surface area (TPSA) is 61.9 Å². The molecule has 1 N–H and O–H groups in total. The number of rotatable bonds is 6. The maximum atomic E-state index is 13.2. The molecular weight excluding hydrogens is 354 g/mol. The second-order valence-corrected chi connectivity index (χ2v) is 7.20. The van der Waals surface area contributed by atoms with E-state index in [1.807, 2.05) is 36.9 Å². The molecule has 0 aromatic heterocycles. The highest BCUT2D eigenvalue weighted by Crippen LogP contribution is 2.30. The number of amides is 3. The van der Waals surface area contributed by atoms with E-state index in [1.165, 1.54) is 12.7 Å². The van der Waals surface area contributed by atoms with Crippen molar-refractivity contribution in [2.24, 2.45) is 0 Å². The van der Waals surface area contributed by atoms with Crippen LogP contribution in [0.15, 0.2) is 42.5 Å². The van der Waals surface area contributed by atoms with E-state index >= 15 is 0 Å². The summed E-state index contributed by atoms with van der Waals surface area (Å²) in [6, 6.07) is 13.9. The van der Waals surface area contributed by atoms with E-state index in [-0.39, 0.29) is 18.5 Å². The number of benzene rings is 2. The number of ether oxygens (including phenoxy) is 1. The quantitative estimate of drug-likeness (QED) is 0.830. The molecule has 6 nitrogen and oxygen atoms in total. The number of hydrogen-bond donors (Lipinski definition) is 1. The maximum Gasteiger partial charge on any atom is 0.324 e. The molecule has 0 aliphatic carbocycles. The van der Waals surface area contributed by atoms with Gasteiger partial charge in [0.1, 0.15) is 6.61 Å². The Kier molecular flexibility index (Phi) is 6.31. The van der Waals surface area contributed by atoms with Crippen LogP contribution in [0.5, 0.6) is 0 Å². The first-order valence-corrected chi connectivity index (χ1v) is 9.49. The number of aryl methyl sites for hydroxylation is 2. The van der Waals surface area contributed by atoms with E-state index in [0.717, 1.165) is 24.1 Å². The van der Waals surface area contributed by atoms with Crippen LogP contribution in [0.4, 0.5) is 16.2 Å². The van der Waals surface area contributed by atoms with Crippen molar-refractivity contribution in [1.82, 2.24) is 4.90 Å². The third kappa shape index (κ3) is 4.70. The van der Waals surface area contributed by atoms with Gasteiger partial charge in [-0.1, -0.05) is 35.9 Å². The summed E-state index contributed by atoms with van der Waals surface area (Å²) in [6.07, 6.45) is 0.872. The molecule has 1 fully saturated rings. The lowest BCUT2D eigenvalue weighted by molar-refractivity contribution is -0.119. The summed E-state index contributed by atoms with van der Waals surface area (Å²) < 4.78 is 4.90. The van der Waals surface area contributed by atoms with Crippen molar-refractivity contribution in [3.05, 3.63) is 59.2 Å². The second kappa shape index (κ2) is 8.89. The van der Waals surface area contributed by atoms with Crippen LogP contribution in [0.2, 0.25) is 0 Å². The second-order valence-electron chi connectivity index (χ2n) is 7.20.